The molecule has 1 heterocycles. The van der Waals surface area contributed by atoms with Gasteiger partial charge in [-0.15, -0.1) is 0 Å². The first-order chi connectivity index (χ1) is 7.51. The van der Waals surface area contributed by atoms with E-state index in [0.717, 1.165) is 24.2 Å². The molecule has 1 aromatic heterocycles. The summed E-state index contributed by atoms with van der Waals surface area (Å²) in [6.45, 7) is 5.98. The Kier molecular flexibility index (Phi) is 4.54. The number of halogens is 1. The molecule has 1 atom stereocenters. The van der Waals surface area contributed by atoms with Gasteiger partial charge in [0.25, 0.3) is 0 Å². The van der Waals surface area contributed by atoms with E-state index in [-0.39, 0.29) is 11.7 Å². The molecule has 0 saturated heterocycles. The van der Waals surface area contributed by atoms with Crippen LogP contribution in [0, 0.1) is 5.92 Å². The minimum Gasteiger partial charge on any atom is -0.299 e. The highest BCUT2D eigenvalue weighted by Gasteiger charge is 2.18. The minimum atomic E-state index is 0.0936. The van der Waals surface area contributed by atoms with Gasteiger partial charge in [0, 0.05) is 13.0 Å². The van der Waals surface area contributed by atoms with Crippen molar-refractivity contribution in [1.82, 2.24) is 9.78 Å². The monoisotopic (exact) mass is 242 g/mol. The maximum Gasteiger partial charge on any atom is 0.141 e. The number of ketones is 1. The first kappa shape index (κ1) is 13.2. The fraction of sp³-hybridized carbons (Fsp3) is 0.667. The van der Waals surface area contributed by atoms with Crippen molar-refractivity contribution in [2.45, 2.75) is 40.0 Å². The van der Waals surface area contributed by atoms with Gasteiger partial charge in [0.15, 0.2) is 0 Å². The Morgan fingerprint density at radius 2 is 2.12 bits per heavy atom. The van der Waals surface area contributed by atoms with E-state index in [1.807, 2.05) is 27.8 Å². The van der Waals surface area contributed by atoms with Gasteiger partial charge < -0.3 is 0 Å². The molecular formula is C12H19ClN2O. The van der Waals surface area contributed by atoms with Gasteiger partial charge in [-0.25, -0.2) is 0 Å². The molecule has 0 saturated carbocycles. The second-order valence-electron chi connectivity index (χ2n) is 4.14. The molecule has 0 aromatic carbocycles. The van der Waals surface area contributed by atoms with Crippen molar-refractivity contribution in [2.24, 2.45) is 13.0 Å². The lowest BCUT2D eigenvalue weighted by Crippen LogP contribution is -2.15. The number of hydrogen-bond donors (Lipinski definition) is 0. The lowest BCUT2D eigenvalue weighted by Gasteiger charge is -2.07. The van der Waals surface area contributed by atoms with Gasteiger partial charge in [-0.1, -0.05) is 32.4 Å². The summed E-state index contributed by atoms with van der Waals surface area (Å²) in [4.78, 5) is 11.8. The highest BCUT2D eigenvalue weighted by molar-refractivity contribution is 6.32. The number of Topliss-reactive ketones (excluding diaryl/α,β-unsaturated/α-hetero) is 1. The Morgan fingerprint density at radius 3 is 2.56 bits per heavy atom. The molecule has 0 fully saturated rings. The molecule has 1 aromatic rings. The molecule has 0 aliphatic rings. The van der Waals surface area contributed by atoms with Gasteiger partial charge in [0.2, 0.25) is 0 Å². The standard InChI is InChI=1S/C12H19ClN2O/c1-5-8(3)11(16)7-10-12(13)9(6-2)14-15(10)4/h8H,5-7H2,1-4H3. The Morgan fingerprint density at radius 1 is 1.50 bits per heavy atom. The number of carbonyl (C=O) groups excluding carboxylic acids is 1. The van der Waals surface area contributed by atoms with Crippen molar-refractivity contribution >= 4 is 17.4 Å². The van der Waals surface area contributed by atoms with Gasteiger partial charge >= 0.3 is 0 Å². The summed E-state index contributed by atoms with van der Waals surface area (Å²) in [6.07, 6.45) is 2.05. The van der Waals surface area contributed by atoms with Crippen molar-refractivity contribution < 1.29 is 4.79 Å². The van der Waals surface area contributed by atoms with Crippen molar-refractivity contribution in [3.8, 4) is 0 Å². The van der Waals surface area contributed by atoms with Gasteiger partial charge in [-0.2, -0.15) is 5.10 Å². The predicted molar refractivity (Wildman–Crippen MR) is 65.8 cm³/mol. The van der Waals surface area contributed by atoms with Crippen molar-refractivity contribution in [2.75, 3.05) is 0 Å². The summed E-state index contributed by atoms with van der Waals surface area (Å²) < 4.78 is 1.72. The van der Waals surface area contributed by atoms with E-state index < -0.39 is 0 Å². The van der Waals surface area contributed by atoms with Crippen LogP contribution in [0.1, 0.15) is 38.6 Å². The molecule has 90 valence electrons. The average Bonchev–Trinajstić information content (AvgIpc) is 2.55. The third-order valence-electron chi connectivity index (χ3n) is 3.01. The van der Waals surface area contributed by atoms with Crippen LogP contribution < -0.4 is 0 Å². The van der Waals surface area contributed by atoms with Gasteiger partial charge in [0.1, 0.15) is 5.78 Å². The molecule has 0 spiro atoms. The third kappa shape index (κ3) is 2.64. The molecule has 0 N–H and O–H groups in total. The molecule has 0 aliphatic carbocycles. The first-order valence-corrected chi connectivity index (χ1v) is 6.11. The fourth-order valence-electron chi connectivity index (χ4n) is 1.58. The largest absolute Gasteiger partial charge is 0.299 e. The normalized spacial score (nSPS) is 12.8. The average molecular weight is 243 g/mol. The Hall–Kier alpha value is -0.830. The van der Waals surface area contributed by atoms with Crippen LogP contribution in [0.2, 0.25) is 5.02 Å². The highest BCUT2D eigenvalue weighted by atomic mass is 35.5. The van der Waals surface area contributed by atoms with E-state index in [2.05, 4.69) is 5.10 Å². The smallest absolute Gasteiger partial charge is 0.141 e. The second kappa shape index (κ2) is 5.48. The molecule has 16 heavy (non-hydrogen) atoms. The quantitative estimate of drug-likeness (QED) is 0.796. The van der Waals surface area contributed by atoms with Crippen molar-refractivity contribution in [3.63, 3.8) is 0 Å². The number of carbonyl (C=O) groups is 1. The summed E-state index contributed by atoms with van der Waals surface area (Å²) in [6, 6.07) is 0. The molecule has 0 amide bonds. The Labute approximate surface area is 102 Å². The number of aromatic nitrogens is 2. The summed E-state index contributed by atoms with van der Waals surface area (Å²) in [5, 5.41) is 4.95. The molecular weight excluding hydrogens is 224 g/mol. The molecule has 4 heteroatoms. The van der Waals surface area contributed by atoms with Gasteiger partial charge in [-0.05, 0) is 12.8 Å². The summed E-state index contributed by atoms with van der Waals surface area (Å²) in [5.41, 5.74) is 1.71. The predicted octanol–water partition coefficient (Wildman–Crippen LogP) is 2.79. The van der Waals surface area contributed by atoms with Gasteiger partial charge in [0.05, 0.1) is 22.8 Å². The van der Waals surface area contributed by atoms with Crippen LogP contribution in [-0.2, 0) is 24.7 Å². The van der Waals surface area contributed by atoms with Crippen LogP contribution in [0.15, 0.2) is 0 Å². The molecule has 1 unspecified atom stereocenters. The third-order valence-corrected chi connectivity index (χ3v) is 3.44. The Balaban J connectivity index is 2.89. The van der Waals surface area contributed by atoms with Crippen LogP contribution in [0.4, 0.5) is 0 Å². The van der Waals surface area contributed by atoms with E-state index in [0.29, 0.717) is 11.4 Å². The van der Waals surface area contributed by atoms with Crippen LogP contribution >= 0.6 is 11.6 Å². The topological polar surface area (TPSA) is 34.9 Å². The van der Waals surface area contributed by atoms with Gasteiger partial charge in [-0.3, -0.25) is 9.48 Å². The van der Waals surface area contributed by atoms with E-state index in [9.17, 15) is 4.79 Å². The maximum atomic E-state index is 11.8. The summed E-state index contributed by atoms with van der Waals surface area (Å²) >= 11 is 6.19. The van der Waals surface area contributed by atoms with E-state index in [1.54, 1.807) is 4.68 Å². The number of aryl methyl sites for hydroxylation is 2. The fourth-order valence-corrected chi connectivity index (χ4v) is 1.94. The van der Waals surface area contributed by atoms with Crippen molar-refractivity contribution in [1.29, 1.82) is 0 Å². The van der Waals surface area contributed by atoms with Crippen LogP contribution in [-0.4, -0.2) is 15.6 Å². The molecule has 1 rings (SSSR count). The van der Waals surface area contributed by atoms with Crippen LogP contribution in [0.3, 0.4) is 0 Å². The zero-order chi connectivity index (χ0) is 12.3. The van der Waals surface area contributed by atoms with E-state index in [1.165, 1.54) is 0 Å². The van der Waals surface area contributed by atoms with E-state index in [4.69, 9.17) is 11.6 Å². The lowest BCUT2D eigenvalue weighted by atomic mass is 10.00. The Bertz CT molecular complexity index is 385. The molecule has 0 radical (unpaired) electrons. The molecule has 0 bridgehead atoms. The maximum absolute atomic E-state index is 11.8. The zero-order valence-electron chi connectivity index (χ0n) is 10.4. The summed E-state index contributed by atoms with van der Waals surface area (Å²) in [7, 11) is 1.84. The highest BCUT2D eigenvalue weighted by Crippen LogP contribution is 2.22. The number of rotatable bonds is 5. The van der Waals surface area contributed by atoms with E-state index >= 15 is 0 Å². The second-order valence-corrected chi connectivity index (χ2v) is 4.51. The SMILES string of the molecule is CCc1nn(C)c(CC(=O)C(C)CC)c1Cl. The molecule has 0 aliphatic heterocycles. The lowest BCUT2D eigenvalue weighted by molar-refractivity contribution is -0.121. The van der Waals surface area contributed by atoms with Crippen LogP contribution in [0.5, 0.6) is 0 Å². The minimum absolute atomic E-state index is 0.0936. The summed E-state index contributed by atoms with van der Waals surface area (Å²) in [5.74, 6) is 0.325. The number of hydrogen-bond acceptors (Lipinski definition) is 2. The van der Waals surface area contributed by atoms with Crippen LogP contribution in [0.25, 0.3) is 0 Å². The van der Waals surface area contributed by atoms with Crippen molar-refractivity contribution in [3.05, 3.63) is 16.4 Å². The first-order valence-electron chi connectivity index (χ1n) is 5.74. The zero-order valence-corrected chi connectivity index (χ0v) is 11.1. The number of nitrogens with zero attached hydrogens (tertiary/aromatic N) is 2. The molecule has 3 nitrogen and oxygen atoms in total.